The highest BCUT2D eigenvalue weighted by atomic mass is 79.9. The van der Waals surface area contributed by atoms with Crippen molar-refractivity contribution in [2.24, 2.45) is 5.10 Å². The summed E-state index contributed by atoms with van der Waals surface area (Å²) in [5.41, 5.74) is 0.450. The lowest BCUT2D eigenvalue weighted by atomic mass is 10.2. The van der Waals surface area contributed by atoms with E-state index in [1.54, 1.807) is 18.2 Å². The lowest BCUT2D eigenvalue weighted by molar-refractivity contribution is -0.136. The minimum Gasteiger partial charge on any atom is -0.477 e. The Morgan fingerprint density at radius 2 is 2.14 bits per heavy atom. The number of nitrogens with one attached hydrogen (secondary N) is 1. The zero-order valence-corrected chi connectivity index (χ0v) is 12.5. The van der Waals surface area contributed by atoms with Crippen LogP contribution in [0.4, 0.5) is 5.69 Å². The Bertz CT molecular complexity index is 630. The SMILES string of the molecule is O=C(CN1N=C(C(=O)O)CCC1=O)Nc1cccc(Br)c1. The van der Waals surface area contributed by atoms with Gasteiger partial charge in [0.1, 0.15) is 12.3 Å². The van der Waals surface area contributed by atoms with E-state index in [1.165, 1.54) is 0 Å². The van der Waals surface area contributed by atoms with Crippen molar-refractivity contribution < 1.29 is 19.5 Å². The van der Waals surface area contributed by atoms with Gasteiger partial charge in [-0.05, 0) is 18.2 Å². The average molecular weight is 354 g/mol. The molecule has 0 aromatic heterocycles. The third-order valence-corrected chi connectivity index (χ3v) is 3.25. The van der Waals surface area contributed by atoms with E-state index in [1.807, 2.05) is 6.07 Å². The molecule has 0 unspecified atom stereocenters. The first-order chi connectivity index (χ1) is 9.95. The summed E-state index contributed by atoms with van der Waals surface area (Å²) in [5.74, 6) is -2.00. The number of benzene rings is 1. The molecule has 2 N–H and O–H groups in total. The lowest BCUT2D eigenvalue weighted by Gasteiger charge is -2.21. The molecule has 1 aliphatic rings. The topological polar surface area (TPSA) is 99.1 Å². The molecule has 2 amide bonds. The summed E-state index contributed by atoms with van der Waals surface area (Å²) in [6.45, 7) is -0.317. The first kappa shape index (κ1) is 15.2. The molecule has 0 spiro atoms. The first-order valence-corrected chi connectivity index (χ1v) is 6.91. The summed E-state index contributed by atoms with van der Waals surface area (Å²) in [7, 11) is 0. The number of hydrogen-bond acceptors (Lipinski definition) is 4. The number of hydrogen-bond donors (Lipinski definition) is 2. The smallest absolute Gasteiger partial charge is 0.352 e. The van der Waals surface area contributed by atoms with Crippen LogP contribution in [0.5, 0.6) is 0 Å². The van der Waals surface area contributed by atoms with Crippen molar-refractivity contribution in [3.8, 4) is 0 Å². The Balaban J connectivity index is 2.03. The highest BCUT2D eigenvalue weighted by molar-refractivity contribution is 9.10. The third-order valence-electron chi connectivity index (χ3n) is 2.75. The molecule has 110 valence electrons. The fraction of sp³-hybridized carbons (Fsp3) is 0.231. The summed E-state index contributed by atoms with van der Waals surface area (Å²) in [5, 5.41) is 16.1. The molecule has 0 radical (unpaired) electrons. The predicted octanol–water partition coefficient (Wildman–Crippen LogP) is 1.45. The van der Waals surface area contributed by atoms with Gasteiger partial charge in [0.25, 0.3) is 0 Å². The Labute approximate surface area is 128 Å². The maximum atomic E-state index is 11.9. The number of nitrogens with zero attached hydrogens (tertiary/aromatic N) is 2. The quantitative estimate of drug-likeness (QED) is 0.855. The lowest BCUT2D eigenvalue weighted by Crippen LogP contribution is -2.39. The minimum atomic E-state index is -1.18. The van der Waals surface area contributed by atoms with Crippen molar-refractivity contribution in [2.45, 2.75) is 12.8 Å². The van der Waals surface area contributed by atoms with Crippen LogP contribution in [0.2, 0.25) is 0 Å². The van der Waals surface area contributed by atoms with Gasteiger partial charge in [-0.15, -0.1) is 0 Å². The number of aliphatic carboxylic acids is 1. The fourth-order valence-corrected chi connectivity index (χ4v) is 2.18. The zero-order chi connectivity index (χ0) is 15.4. The van der Waals surface area contributed by atoms with Crippen LogP contribution in [-0.4, -0.2) is 40.2 Å². The molecule has 21 heavy (non-hydrogen) atoms. The van der Waals surface area contributed by atoms with Gasteiger partial charge in [-0.2, -0.15) is 5.10 Å². The number of carbonyl (C=O) groups is 3. The monoisotopic (exact) mass is 353 g/mol. The summed E-state index contributed by atoms with van der Waals surface area (Å²) < 4.78 is 0.806. The van der Waals surface area contributed by atoms with Crippen molar-refractivity contribution in [2.75, 3.05) is 11.9 Å². The molecule has 0 saturated carbocycles. The zero-order valence-electron chi connectivity index (χ0n) is 10.9. The Morgan fingerprint density at radius 3 is 2.81 bits per heavy atom. The van der Waals surface area contributed by atoms with Crippen molar-refractivity contribution in [1.82, 2.24) is 5.01 Å². The molecule has 0 saturated heterocycles. The highest BCUT2D eigenvalue weighted by Crippen LogP contribution is 2.16. The molecule has 0 fully saturated rings. The van der Waals surface area contributed by atoms with Crippen LogP contribution < -0.4 is 5.32 Å². The standard InChI is InChI=1S/C13H12BrN3O4/c14-8-2-1-3-9(6-8)15-11(18)7-17-12(19)5-4-10(16-17)13(20)21/h1-3,6H,4-5,7H2,(H,15,18)(H,20,21). The fourth-order valence-electron chi connectivity index (χ4n) is 1.78. The summed E-state index contributed by atoms with van der Waals surface area (Å²) in [4.78, 5) is 34.4. The van der Waals surface area contributed by atoms with Gasteiger partial charge < -0.3 is 10.4 Å². The van der Waals surface area contributed by atoms with Gasteiger partial charge in [0, 0.05) is 23.0 Å². The second-order valence-corrected chi connectivity index (χ2v) is 5.28. The number of halogens is 1. The minimum absolute atomic E-state index is 0.0370. The van der Waals surface area contributed by atoms with Gasteiger partial charge in [0.05, 0.1) is 0 Å². The summed E-state index contributed by atoms with van der Waals surface area (Å²) in [6, 6.07) is 6.98. The van der Waals surface area contributed by atoms with E-state index in [-0.39, 0.29) is 31.0 Å². The van der Waals surface area contributed by atoms with Gasteiger partial charge in [0.15, 0.2) is 0 Å². The second kappa shape index (κ2) is 6.49. The number of carboxylic acid groups (broad SMARTS) is 1. The molecule has 1 aliphatic heterocycles. The summed E-state index contributed by atoms with van der Waals surface area (Å²) >= 11 is 3.28. The van der Waals surface area contributed by atoms with Gasteiger partial charge in [-0.1, -0.05) is 22.0 Å². The number of carboxylic acids is 1. The van der Waals surface area contributed by atoms with Crippen molar-refractivity contribution in [1.29, 1.82) is 0 Å². The molecule has 1 aromatic carbocycles. The van der Waals surface area contributed by atoms with E-state index in [4.69, 9.17) is 5.11 Å². The number of amides is 2. The molecule has 2 rings (SSSR count). The van der Waals surface area contributed by atoms with E-state index in [0.29, 0.717) is 5.69 Å². The average Bonchev–Trinajstić information content (AvgIpc) is 2.41. The van der Waals surface area contributed by atoms with Gasteiger partial charge in [-0.25, -0.2) is 9.80 Å². The number of anilines is 1. The Hall–Kier alpha value is -2.22. The maximum Gasteiger partial charge on any atom is 0.352 e. The molecule has 0 bridgehead atoms. The van der Waals surface area contributed by atoms with Crippen LogP contribution in [-0.2, 0) is 14.4 Å². The van der Waals surface area contributed by atoms with E-state index < -0.39 is 11.9 Å². The number of carbonyl (C=O) groups excluding carboxylic acids is 2. The Morgan fingerprint density at radius 1 is 1.38 bits per heavy atom. The van der Waals surface area contributed by atoms with E-state index in [9.17, 15) is 14.4 Å². The first-order valence-electron chi connectivity index (χ1n) is 6.12. The van der Waals surface area contributed by atoms with E-state index >= 15 is 0 Å². The molecule has 1 heterocycles. The molecular weight excluding hydrogens is 342 g/mol. The summed E-state index contributed by atoms with van der Waals surface area (Å²) in [6.07, 6.45) is 0.118. The maximum absolute atomic E-state index is 11.9. The van der Waals surface area contributed by atoms with Gasteiger partial charge in [-0.3, -0.25) is 9.59 Å². The molecule has 0 aliphatic carbocycles. The van der Waals surface area contributed by atoms with Gasteiger partial charge >= 0.3 is 5.97 Å². The Kier molecular flexibility index (Phi) is 4.69. The van der Waals surface area contributed by atoms with E-state index in [0.717, 1.165) is 9.48 Å². The number of hydrazone groups is 1. The molecular formula is C13H12BrN3O4. The van der Waals surface area contributed by atoms with Crippen LogP contribution in [0, 0.1) is 0 Å². The molecule has 8 heteroatoms. The second-order valence-electron chi connectivity index (χ2n) is 4.36. The number of rotatable bonds is 4. The molecule has 1 aromatic rings. The van der Waals surface area contributed by atoms with Crippen molar-refractivity contribution >= 4 is 45.1 Å². The van der Waals surface area contributed by atoms with Crippen LogP contribution >= 0.6 is 15.9 Å². The van der Waals surface area contributed by atoms with Crippen LogP contribution in [0.1, 0.15) is 12.8 Å². The van der Waals surface area contributed by atoms with Crippen molar-refractivity contribution in [3.05, 3.63) is 28.7 Å². The van der Waals surface area contributed by atoms with Crippen molar-refractivity contribution in [3.63, 3.8) is 0 Å². The normalized spacial score (nSPS) is 14.6. The van der Waals surface area contributed by atoms with Crippen LogP contribution in [0.25, 0.3) is 0 Å². The largest absolute Gasteiger partial charge is 0.477 e. The third kappa shape index (κ3) is 4.12. The molecule has 7 nitrogen and oxygen atoms in total. The van der Waals surface area contributed by atoms with E-state index in [2.05, 4.69) is 26.3 Å². The van der Waals surface area contributed by atoms with Crippen LogP contribution in [0.3, 0.4) is 0 Å². The highest BCUT2D eigenvalue weighted by Gasteiger charge is 2.25. The predicted molar refractivity (Wildman–Crippen MR) is 78.8 cm³/mol. The van der Waals surface area contributed by atoms with Crippen LogP contribution in [0.15, 0.2) is 33.8 Å². The molecule has 0 atom stereocenters. The van der Waals surface area contributed by atoms with Gasteiger partial charge in [0.2, 0.25) is 11.8 Å².